The van der Waals surface area contributed by atoms with Crippen molar-refractivity contribution in [2.45, 2.75) is 19.9 Å². The van der Waals surface area contributed by atoms with Gasteiger partial charge < -0.3 is 9.73 Å². The number of pyridine rings is 2. The lowest BCUT2D eigenvalue weighted by atomic mass is 10.1. The lowest BCUT2D eigenvalue weighted by molar-refractivity contribution is 0.0939. The van der Waals surface area contributed by atoms with Crippen LogP contribution in [0.2, 0.25) is 0 Å². The zero-order chi connectivity index (χ0) is 16.2. The summed E-state index contributed by atoms with van der Waals surface area (Å²) in [5.41, 5.74) is 2.94. The Morgan fingerprint density at radius 1 is 1.17 bits per heavy atom. The van der Waals surface area contributed by atoms with Crippen LogP contribution in [0.25, 0.3) is 11.5 Å². The average molecular weight is 307 g/mol. The molecule has 0 aliphatic rings. The van der Waals surface area contributed by atoms with Gasteiger partial charge in [-0.2, -0.15) is 0 Å². The molecule has 0 fully saturated rings. The SMILES string of the molecule is Cc1nc(-c2ccco2)ccc1C(=O)NC(C)c1ccncc1. The predicted molar refractivity (Wildman–Crippen MR) is 86.8 cm³/mol. The van der Waals surface area contributed by atoms with E-state index in [-0.39, 0.29) is 11.9 Å². The maximum Gasteiger partial charge on any atom is 0.253 e. The molecular weight excluding hydrogens is 290 g/mol. The fraction of sp³-hybridized carbons (Fsp3) is 0.167. The molecule has 0 saturated heterocycles. The molecule has 5 heteroatoms. The minimum Gasteiger partial charge on any atom is -0.463 e. The third kappa shape index (κ3) is 3.29. The van der Waals surface area contributed by atoms with E-state index in [0.29, 0.717) is 22.7 Å². The lowest BCUT2D eigenvalue weighted by Gasteiger charge is -2.15. The van der Waals surface area contributed by atoms with Crippen molar-refractivity contribution in [2.75, 3.05) is 0 Å². The molecule has 1 unspecified atom stereocenters. The van der Waals surface area contributed by atoms with Crippen LogP contribution in [0.3, 0.4) is 0 Å². The normalized spacial score (nSPS) is 11.9. The number of rotatable bonds is 4. The first-order valence-corrected chi connectivity index (χ1v) is 7.37. The smallest absolute Gasteiger partial charge is 0.253 e. The first-order valence-electron chi connectivity index (χ1n) is 7.37. The Labute approximate surface area is 134 Å². The quantitative estimate of drug-likeness (QED) is 0.800. The summed E-state index contributed by atoms with van der Waals surface area (Å²) in [5.74, 6) is 0.538. The highest BCUT2D eigenvalue weighted by Crippen LogP contribution is 2.20. The first kappa shape index (κ1) is 15.0. The van der Waals surface area contributed by atoms with Crippen LogP contribution < -0.4 is 5.32 Å². The van der Waals surface area contributed by atoms with Gasteiger partial charge >= 0.3 is 0 Å². The molecule has 3 aromatic rings. The summed E-state index contributed by atoms with van der Waals surface area (Å²) in [4.78, 5) is 20.9. The van der Waals surface area contributed by atoms with Gasteiger partial charge in [0.25, 0.3) is 5.91 Å². The van der Waals surface area contributed by atoms with E-state index in [2.05, 4.69) is 15.3 Å². The molecule has 1 atom stereocenters. The Hall–Kier alpha value is -2.95. The van der Waals surface area contributed by atoms with Crippen LogP contribution in [0.5, 0.6) is 0 Å². The highest BCUT2D eigenvalue weighted by Gasteiger charge is 2.15. The Kier molecular flexibility index (Phi) is 4.19. The van der Waals surface area contributed by atoms with Gasteiger partial charge in [-0.15, -0.1) is 0 Å². The molecular formula is C18H17N3O2. The Morgan fingerprint density at radius 3 is 2.61 bits per heavy atom. The van der Waals surface area contributed by atoms with Crippen LogP contribution in [-0.2, 0) is 0 Å². The number of nitrogens with zero attached hydrogens (tertiary/aromatic N) is 2. The minimum atomic E-state index is -0.148. The molecule has 23 heavy (non-hydrogen) atoms. The summed E-state index contributed by atoms with van der Waals surface area (Å²) in [6.07, 6.45) is 5.02. The van der Waals surface area contributed by atoms with Gasteiger partial charge in [-0.25, -0.2) is 4.98 Å². The fourth-order valence-electron chi connectivity index (χ4n) is 2.37. The summed E-state index contributed by atoms with van der Waals surface area (Å²) < 4.78 is 5.33. The zero-order valence-corrected chi connectivity index (χ0v) is 13.0. The molecule has 3 rings (SSSR count). The molecule has 116 valence electrons. The maximum atomic E-state index is 12.5. The van der Waals surface area contributed by atoms with Crippen molar-refractivity contribution >= 4 is 5.91 Å². The Bertz CT molecular complexity index is 798. The van der Waals surface area contributed by atoms with Gasteiger partial charge in [-0.1, -0.05) is 0 Å². The number of furan rings is 1. The van der Waals surface area contributed by atoms with Gasteiger partial charge in [-0.3, -0.25) is 9.78 Å². The maximum absolute atomic E-state index is 12.5. The van der Waals surface area contributed by atoms with Gasteiger partial charge in [0.2, 0.25) is 0 Å². The van der Waals surface area contributed by atoms with E-state index in [1.54, 1.807) is 30.8 Å². The van der Waals surface area contributed by atoms with Crippen LogP contribution >= 0.6 is 0 Å². The second kappa shape index (κ2) is 6.44. The molecule has 0 aromatic carbocycles. The largest absolute Gasteiger partial charge is 0.463 e. The summed E-state index contributed by atoms with van der Waals surface area (Å²) in [5, 5.41) is 2.98. The number of amides is 1. The van der Waals surface area contributed by atoms with Gasteiger partial charge in [0.1, 0.15) is 5.69 Å². The van der Waals surface area contributed by atoms with Crippen molar-refractivity contribution in [3.63, 3.8) is 0 Å². The molecule has 0 aliphatic heterocycles. The number of carbonyl (C=O) groups is 1. The predicted octanol–water partition coefficient (Wildman–Crippen LogP) is 3.54. The Balaban J connectivity index is 1.77. The molecule has 1 N–H and O–H groups in total. The molecule has 0 bridgehead atoms. The monoisotopic (exact) mass is 307 g/mol. The van der Waals surface area contributed by atoms with E-state index in [0.717, 1.165) is 5.56 Å². The third-order valence-electron chi connectivity index (χ3n) is 3.66. The van der Waals surface area contributed by atoms with Crippen molar-refractivity contribution in [1.82, 2.24) is 15.3 Å². The molecule has 0 saturated carbocycles. The molecule has 5 nitrogen and oxygen atoms in total. The minimum absolute atomic E-state index is 0.102. The summed E-state index contributed by atoms with van der Waals surface area (Å²) in [6.45, 7) is 3.76. The van der Waals surface area contributed by atoms with Crippen LogP contribution in [0.1, 0.15) is 34.6 Å². The third-order valence-corrected chi connectivity index (χ3v) is 3.66. The van der Waals surface area contributed by atoms with Crippen molar-refractivity contribution in [2.24, 2.45) is 0 Å². The van der Waals surface area contributed by atoms with Gasteiger partial charge in [-0.05, 0) is 55.8 Å². The van der Waals surface area contributed by atoms with E-state index >= 15 is 0 Å². The summed E-state index contributed by atoms with van der Waals surface area (Å²) >= 11 is 0. The molecule has 3 heterocycles. The lowest BCUT2D eigenvalue weighted by Crippen LogP contribution is -2.27. The number of aromatic nitrogens is 2. The topological polar surface area (TPSA) is 68.0 Å². The van der Waals surface area contributed by atoms with E-state index in [9.17, 15) is 4.79 Å². The van der Waals surface area contributed by atoms with E-state index in [1.165, 1.54) is 0 Å². The highest BCUT2D eigenvalue weighted by molar-refractivity contribution is 5.95. The highest BCUT2D eigenvalue weighted by atomic mass is 16.3. The fourth-order valence-corrected chi connectivity index (χ4v) is 2.37. The zero-order valence-electron chi connectivity index (χ0n) is 13.0. The number of hydrogen-bond acceptors (Lipinski definition) is 4. The Morgan fingerprint density at radius 2 is 1.96 bits per heavy atom. The number of nitrogens with one attached hydrogen (secondary N) is 1. The average Bonchev–Trinajstić information content (AvgIpc) is 3.10. The van der Waals surface area contributed by atoms with Crippen molar-refractivity contribution in [3.8, 4) is 11.5 Å². The van der Waals surface area contributed by atoms with E-state index in [4.69, 9.17) is 4.42 Å². The molecule has 0 aliphatic carbocycles. The summed E-state index contributed by atoms with van der Waals surface area (Å²) in [6, 6.07) is 10.9. The van der Waals surface area contributed by atoms with Gasteiger partial charge in [0.15, 0.2) is 5.76 Å². The van der Waals surface area contributed by atoms with E-state index < -0.39 is 0 Å². The van der Waals surface area contributed by atoms with Crippen LogP contribution in [0, 0.1) is 6.92 Å². The van der Waals surface area contributed by atoms with Crippen LogP contribution in [0.15, 0.2) is 59.5 Å². The number of aryl methyl sites for hydroxylation is 1. The van der Waals surface area contributed by atoms with Crippen LogP contribution in [0.4, 0.5) is 0 Å². The summed E-state index contributed by atoms with van der Waals surface area (Å²) in [7, 11) is 0. The van der Waals surface area contributed by atoms with Crippen molar-refractivity contribution < 1.29 is 9.21 Å². The standard InChI is InChI=1S/C18H17N3O2/c1-12(14-7-9-19-10-8-14)21-18(22)15-5-6-16(20-13(15)2)17-4-3-11-23-17/h3-12H,1-2H3,(H,21,22). The first-order chi connectivity index (χ1) is 11.1. The van der Waals surface area contributed by atoms with Crippen molar-refractivity contribution in [1.29, 1.82) is 0 Å². The molecule has 3 aromatic heterocycles. The second-order valence-electron chi connectivity index (χ2n) is 5.28. The second-order valence-corrected chi connectivity index (χ2v) is 5.28. The number of carbonyl (C=O) groups excluding carboxylic acids is 1. The van der Waals surface area contributed by atoms with E-state index in [1.807, 2.05) is 38.1 Å². The van der Waals surface area contributed by atoms with Crippen LogP contribution in [-0.4, -0.2) is 15.9 Å². The van der Waals surface area contributed by atoms with Crippen molar-refractivity contribution in [3.05, 3.63) is 71.9 Å². The molecule has 0 spiro atoms. The van der Waals surface area contributed by atoms with Gasteiger partial charge in [0.05, 0.1) is 23.6 Å². The molecule has 0 radical (unpaired) electrons. The molecule has 1 amide bonds. The number of hydrogen-bond donors (Lipinski definition) is 1. The van der Waals surface area contributed by atoms with Gasteiger partial charge in [0, 0.05) is 12.4 Å².